The van der Waals surface area contributed by atoms with E-state index in [1.807, 2.05) is 20.9 Å². The summed E-state index contributed by atoms with van der Waals surface area (Å²) in [6.07, 6.45) is 4.43. The molecule has 0 saturated heterocycles. The number of nitrogens with zero attached hydrogens (tertiary/aromatic N) is 5. The molecule has 0 bridgehead atoms. The van der Waals surface area contributed by atoms with Crippen LogP contribution in [0.25, 0.3) is 0 Å². The molecule has 6 nitrogen and oxygen atoms in total. The molecule has 2 aromatic heterocycles. The zero-order chi connectivity index (χ0) is 15.4. The first-order valence-corrected chi connectivity index (χ1v) is 7.82. The molecule has 0 radical (unpaired) electrons. The zero-order valence-corrected chi connectivity index (χ0v) is 13.7. The van der Waals surface area contributed by atoms with Crippen molar-refractivity contribution in [3.63, 3.8) is 0 Å². The van der Waals surface area contributed by atoms with E-state index in [4.69, 9.17) is 0 Å². The van der Waals surface area contributed by atoms with Crippen LogP contribution in [0.1, 0.15) is 41.4 Å². The molecule has 0 aliphatic heterocycles. The van der Waals surface area contributed by atoms with Crippen LogP contribution in [0.4, 0.5) is 0 Å². The molecule has 0 unspecified atom stereocenters. The molecule has 114 valence electrons. The highest BCUT2D eigenvalue weighted by Crippen LogP contribution is 2.26. The molecule has 0 N–H and O–H groups in total. The van der Waals surface area contributed by atoms with Crippen LogP contribution in [-0.2, 0) is 11.3 Å². The van der Waals surface area contributed by atoms with Crippen LogP contribution in [0.5, 0.6) is 0 Å². The molecule has 0 aliphatic rings. The van der Waals surface area contributed by atoms with E-state index in [2.05, 4.69) is 22.0 Å². The normalized spacial score (nSPS) is 12.4. The zero-order valence-electron chi connectivity index (χ0n) is 12.9. The quantitative estimate of drug-likeness (QED) is 0.822. The number of carbonyl (C=O) groups excluding carboxylic acids is 1. The van der Waals surface area contributed by atoms with E-state index in [-0.39, 0.29) is 11.9 Å². The van der Waals surface area contributed by atoms with Crippen LogP contribution < -0.4 is 0 Å². The fourth-order valence-corrected chi connectivity index (χ4v) is 3.16. The van der Waals surface area contributed by atoms with E-state index >= 15 is 0 Å². The Labute approximate surface area is 128 Å². The summed E-state index contributed by atoms with van der Waals surface area (Å²) < 4.78 is 1.74. The van der Waals surface area contributed by atoms with Gasteiger partial charge in [-0.3, -0.25) is 9.48 Å². The van der Waals surface area contributed by atoms with Gasteiger partial charge < -0.3 is 4.90 Å². The fraction of sp³-hybridized carbons (Fsp3) is 0.571. The second-order valence-corrected chi connectivity index (χ2v) is 6.52. The van der Waals surface area contributed by atoms with Crippen molar-refractivity contribution in [3.05, 3.63) is 28.2 Å². The predicted molar refractivity (Wildman–Crippen MR) is 82.0 cm³/mol. The fourth-order valence-electron chi connectivity index (χ4n) is 2.25. The Morgan fingerprint density at radius 1 is 1.48 bits per heavy atom. The summed E-state index contributed by atoms with van der Waals surface area (Å²) in [4.78, 5) is 23.6. The molecule has 0 spiro atoms. The maximum absolute atomic E-state index is 12.3. The highest BCUT2D eigenvalue weighted by atomic mass is 32.1. The van der Waals surface area contributed by atoms with Gasteiger partial charge in [0.25, 0.3) is 0 Å². The molecule has 7 heteroatoms. The number of carbonyl (C=O) groups is 1. The molecule has 0 aromatic carbocycles. The van der Waals surface area contributed by atoms with Crippen molar-refractivity contribution in [1.82, 2.24) is 24.6 Å². The smallest absolute Gasteiger partial charge is 0.222 e. The minimum absolute atomic E-state index is 0.00817. The third-order valence-corrected chi connectivity index (χ3v) is 4.46. The van der Waals surface area contributed by atoms with Gasteiger partial charge in [-0.15, -0.1) is 11.3 Å². The van der Waals surface area contributed by atoms with E-state index < -0.39 is 0 Å². The Kier molecular flexibility index (Phi) is 5.06. The van der Waals surface area contributed by atoms with E-state index in [9.17, 15) is 4.79 Å². The molecule has 2 rings (SSSR count). The number of rotatable bonds is 6. The van der Waals surface area contributed by atoms with Gasteiger partial charge in [0.1, 0.15) is 12.7 Å². The Hall–Kier alpha value is -1.76. The number of hydrogen-bond donors (Lipinski definition) is 0. The molecular formula is C14H21N5OS. The maximum Gasteiger partial charge on any atom is 0.222 e. The molecule has 0 fully saturated rings. The molecule has 1 amide bonds. The van der Waals surface area contributed by atoms with Crippen molar-refractivity contribution in [2.45, 2.75) is 46.2 Å². The van der Waals surface area contributed by atoms with E-state index in [0.717, 1.165) is 17.1 Å². The average Bonchev–Trinajstić information content (AvgIpc) is 3.06. The molecule has 2 heterocycles. The van der Waals surface area contributed by atoms with Crippen LogP contribution in [0.15, 0.2) is 12.7 Å². The minimum atomic E-state index is 0.00817. The monoisotopic (exact) mass is 307 g/mol. The number of hydrogen-bond acceptors (Lipinski definition) is 5. The second kappa shape index (κ2) is 6.80. The van der Waals surface area contributed by atoms with Crippen molar-refractivity contribution in [3.8, 4) is 0 Å². The number of aromatic nitrogens is 4. The van der Waals surface area contributed by atoms with Crippen LogP contribution >= 0.6 is 11.3 Å². The lowest BCUT2D eigenvalue weighted by atomic mass is 10.1. The highest BCUT2D eigenvalue weighted by Gasteiger charge is 2.21. The SMILES string of the molecule is Cc1nc([C@H](C)N(C)C(=O)CCCn2cncn2)c(C)s1. The van der Waals surface area contributed by atoms with Gasteiger partial charge in [0, 0.05) is 24.9 Å². The summed E-state index contributed by atoms with van der Waals surface area (Å²) in [7, 11) is 1.84. The van der Waals surface area contributed by atoms with E-state index in [0.29, 0.717) is 13.0 Å². The summed E-state index contributed by atoms with van der Waals surface area (Å²) >= 11 is 1.68. The molecular weight excluding hydrogens is 286 g/mol. The lowest BCUT2D eigenvalue weighted by molar-refractivity contribution is -0.132. The number of thiazole rings is 1. The van der Waals surface area contributed by atoms with Crippen LogP contribution in [0.3, 0.4) is 0 Å². The van der Waals surface area contributed by atoms with E-state index in [1.165, 1.54) is 11.2 Å². The van der Waals surface area contributed by atoms with Gasteiger partial charge in [-0.2, -0.15) is 5.10 Å². The topological polar surface area (TPSA) is 63.9 Å². The van der Waals surface area contributed by atoms with Crippen LogP contribution in [0, 0.1) is 13.8 Å². The molecule has 2 aromatic rings. The van der Waals surface area contributed by atoms with Gasteiger partial charge in [0.15, 0.2) is 0 Å². The van der Waals surface area contributed by atoms with Crippen molar-refractivity contribution in [2.75, 3.05) is 7.05 Å². The third kappa shape index (κ3) is 3.87. The minimum Gasteiger partial charge on any atom is -0.337 e. The first kappa shape index (κ1) is 15.6. The molecule has 1 atom stereocenters. The Balaban J connectivity index is 1.88. The summed E-state index contributed by atoms with van der Waals surface area (Å²) in [5.41, 5.74) is 1.00. The molecule has 0 aliphatic carbocycles. The van der Waals surface area contributed by atoms with Gasteiger partial charge in [-0.05, 0) is 27.2 Å². The van der Waals surface area contributed by atoms with E-state index in [1.54, 1.807) is 27.2 Å². The average molecular weight is 307 g/mol. The molecule has 0 saturated carbocycles. The second-order valence-electron chi connectivity index (χ2n) is 5.12. The third-order valence-electron chi connectivity index (χ3n) is 3.55. The molecule has 21 heavy (non-hydrogen) atoms. The first-order valence-electron chi connectivity index (χ1n) is 7.01. The number of aryl methyl sites for hydroxylation is 3. The number of amides is 1. The van der Waals surface area contributed by atoms with Crippen LogP contribution in [0.2, 0.25) is 0 Å². The largest absolute Gasteiger partial charge is 0.337 e. The van der Waals surface area contributed by atoms with Gasteiger partial charge in [-0.1, -0.05) is 0 Å². The summed E-state index contributed by atoms with van der Waals surface area (Å²) in [6, 6.07) is 0.00817. The van der Waals surface area contributed by atoms with Gasteiger partial charge in [-0.25, -0.2) is 9.97 Å². The lowest BCUT2D eigenvalue weighted by Crippen LogP contribution is -2.30. The predicted octanol–water partition coefficient (Wildman–Crippen LogP) is 2.35. The maximum atomic E-state index is 12.3. The van der Waals surface area contributed by atoms with Gasteiger partial charge >= 0.3 is 0 Å². The van der Waals surface area contributed by atoms with Gasteiger partial charge in [0.05, 0.1) is 16.7 Å². The Morgan fingerprint density at radius 3 is 2.81 bits per heavy atom. The van der Waals surface area contributed by atoms with Crippen molar-refractivity contribution >= 4 is 17.2 Å². The van der Waals surface area contributed by atoms with Gasteiger partial charge in [0.2, 0.25) is 5.91 Å². The summed E-state index contributed by atoms with van der Waals surface area (Å²) in [6.45, 7) is 6.78. The van der Waals surface area contributed by atoms with Crippen LogP contribution in [-0.4, -0.2) is 37.6 Å². The summed E-state index contributed by atoms with van der Waals surface area (Å²) in [5.74, 6) is 0.132. The Bertz CT molecular complexity index is 593. The Morgan fingerprint density at radius 2 is 2.24 bits per heavy atom. The van der Waals surface area contributed by atoms with Crippen molar-refractivity contribution in [1.29, 1.82) is 0 Å². The summed E-state index contributed by atoms with van der Waals surface area (Å²) in [5, 5.41) is 5.07. The highest BCUT2D eigenvalue weighted by molar-refractivity contribution is 7.11. The van der Waals surface area contributed by atoms with Crippen molar-refractivity contribution < 1.29 is 4.79 Å². The standard InChI is InChI=1S/C14H21N5OS/c1-10(14-11(2)21-12(3)17-14)18(4)13(20)6-5-7-19-9-15-8-16-19/h8-10H,5-7H2,1-4H3/t10-/m0/s1. The lowest BCUT2D eigenvalue weighted by Gasteiger charge is -2.24. The first-order chi connectivity index (χ1) is 9.99. The van der Waals surface area contributed by atoms with Crippen molar-refractivity contribution in [2.24, 2.45) is 0 Å².